The molecule has 58 valence electrons. The van der Waals surface area contributed by atoms with Crippen molar-refractivity contribution in [3.8, 4) is 6.07 Å². The van der Waals surface area contributed by atoms with Gasteiger partial charge in [-0.3, -0.25) is 0 Å². The second-order valence-corrected chi connectivity index (χ2v) is 4.58. The fourth-order valence-corrected chi connectivity index (χ4v) is 1.62. The van der Waals surface area contributed by atoms with Crippen molar-refractivity contribution in [1.29, 1.82) is 5.26 Å². The zero-order valence-corrected chi connectivity index (χ0v) is 6.98. The summed E-state index contributed by atoms with van der Waals surface area (Å²) >= 11 is 0. The normalized spacial score (nSPS) is 14.1. The van der Waals surface area contributed by atoms with E-state index >= 15 is 0 Å². The summed E-state index contributed by atoms with van der Waals surface area (Å²) in [5.41, 5.74) is 0. The lowest BCUT2D eigenvalue weighted by molar-refractivity contribution is 0.590. The van der Waals surface area contributed by atoms with Crippen LogP contribution >= 0.6 is 0 Å². The highest BCUT2D eigenvalue weighted by Crippen LogP contribution is 2.01. The number of rotatable bonds is 3. The molecule has 0 spiro atoms. The summed E-state index contributed by atoms with van der Waals surface area (Å²) in [4.78, 5) is 0. The van der Waals surface area contributed by atoms with Crippen LogP contribution < -0.4 is 0 Å². The Kier molecular flexibility index (Phi) is 3.37. The van der Waals surface area contributed by atoms with Gasteiger partial charge in [-0.25, -0.2) is 8.42 Å². The summed E-state index contributed by atoms with van der Waals surface area (Å²) in [5.74, 6) is 0.113. The van der Waals surface area contributed by atoms with Crippen LogP contribution in [-0.4, -0.2) is 19.4 Å². The third-order valence-corrected chi connectivity index (χ3v) is 3.37. The van der Waals surface area contributed by atoms with Crippen LogP contribution in [0.15, 0.2) is 0 Å². The highest BCUT2D eigenvalue weighted by Gasteiger charge is 2.17. The Labute approximate surface area is 61.6 Å². The smallest absolute Gasteiger partial charge is 0.166 e. The lowest BCUT2D eigenvalue weighted by Crippen LogP contribution is -2.18. The highest BCUT2D eigenvalue weighted by molar-refractivity contribution is 7.92. The topological polar surface area (TPSA) is 57.9 Å². The van der Waals surface area contributed by atoms with Gasteiger partial charge < -0.3 is 0 Å². The van der Waals surface area contributed by atoms with Crippen molar-refractivity contribution in [2.24, 2.45) is 0 Å². The first-order valence-corrected chi connectivity index (χ1v) is 4.87. The quantitative estimate of drug-likeness (QED) is 0.613. The fourth-order valence-electron chi connectivity index (χ4n) is 0.542. The van der Waals surface area contributed by atoms with Crippen molar-refractivity contribution in [2.75, 3.05) is 5.75 Å². The molecule has 0 rings (SSSR count). The van der Waals surface area contributed by atoms with Crippen molar-refractivity contribution in [1.82, 2.24) is 0 Å². The van der Waals surface area contributed by atoms with E-state index in [1.807, 2.05) is 0 Å². The van der Waals surface area contributed by atoms with E-state index in [1.54, 1.807) is 13.0 Å². The predicted octanol–water partition coefficient (Wildman–Crippen LogP) is 0.723. The Balaban J connectivity index is 4.30. The van der Waals surface area contributed by atoms with Crippen LogP contribution in [0.2, 0.25) is 0 Å². The molecule has 3 nitrogen and oxygen atoms in total. The van der Waals surface area contributed by atoms with Gasteiger partial charge in [-0.1, -0.05) is 6.92 Å². The maximum atomic E-state index is 10.9. The molecule has 4 heteroatoms. The summed E-state index contributed by atoms with van der Waals surface area (Å²) in [7, 11) is -3.12. The Morgan fingerprint density at radius 3 is 2.40 bits per heavy atom. The lowest BCUT2D eigenvalue weighted by atomic mass is 10.5. The van der Waals surface area contributed by atoms with Gasteiger partial charge in [0, 0.05) is 0 Å². The molecule has 0 amide bonds. The molecule has 0 aromatic rings. The standard InChI is InChI=1S/C6H11NO2S/c1-3-4-10(8,9)6(2)5-7/h6H,3-4H2,1-2H3. The molecular weight excluding hydrogens is 150 g/mol. The molecular formula is C6H11NO2S. The largest absolute Gasteiger partial charge is 0.227 e. The molecule has 0 fully saturated rings. The first-order valence-electron chi connectivity index (χ1n) is 3.15. The second kappa shape index (κ2) is 3.57. The highest BCUT2D eigenvalue weighted by atomic mass is 32.2. The molecule has 0 aliphatic rings. The maximum Gasteiger partial charge on any atom is 0.166 e. The molecule has 0 saturated heterocycles. The van der Waals surface area contributed by atoms with E-state index in [1.165, 1.54) is 6.92 Å². The molecule has 0 aliphatic carbocycles. The molecule has 1 atom stereocenters. The summed E-state index contributed by atoms with van der Waals surface area (Å²) in [5, 5.41) is 7.41. The SMILES string of the molecule is CCCS(=O)(=O)C(C)C#N. The molecule has 0 aromatic heterocycles. The number of hydrogen-bond donors (Lipinski definition) is 0. The molecule has 0 bridgehead atoms. The van der Waals surface area contributed by atoms with Gasteiger partial charge in [0.15, 0.2) is 9.84 Å². The van der Waals surface area contributed by atoms with Gasteiger partial charge in [-0.05, 0) is 13.3 Å². The monoisotopic (exact) mass is 161 g/mol. The molecule has 1 unspecified atom stereocenters. The van der Waals surface area contributed by atoms with Crippen molar-refractivity contribution in [2.45, 2.75) is 25.5 Å². The average molecular weight is 161 g/mol. The summed E-state index contributed by atoms with van der Waals surface area (Å²) in [6.07, 6.45) is 0.578. The van der Waals surface area contributed by atoms with Gasteiger partial charge in [-0.15, -0.1) is 0 Å². The van der Waals surface area contributed by atoms with E-state index in [9.17, 15) is 8.42 Å². The first kappa shape index (κ1) is 9.44. The molecule has 0 aromatic carbocycles. The van der Waals surface area contributed by atoms with E-state index < -0.39 is 15.1 Å². The van der Waals surface area contributed by atoms with Crippen LogP contribution in [0, 0.1) is 11.3 Å². The molecule has 0 heterocycles. The van der Waals surface area contributed by atoms with Crippen LogP contribution in [-0.2, 0) is 9.84 Å². The minimum atomic E-state index is -3.12. The van der Waals surface area contributed by atoms with E-state index in [2.05, 4.69) is 0 Å². The number of nitriles is 1. The number of nitrogens with zero attached hydrogens (tertiary/aromatic N) is 1. The zero-order valence-electron chi connectivity index (χ0n) is 6.16. The third kappa shape index (κ3) is 2.36. The third-order valence-electron chi connectivity index (χ3n) is 1.21. The van der Waals surface area contributed by atoms with Crippen LogP contribution in [0.5, 0.6) is 0 Å². The maximum absolute atomic E-state index is 10.9. The Morgan fingerprint density at radius 2 is 2.10 bits per heavy atom. The van der Waals surface area contributed by atoms with Gasteiger partial charge in [0.2, 0.25) is 0 Å². The molecule has 0 aliphatic heterocycles. The van der Waals surface area contributed by atoms with Gasteiger partial charge >= 0.3 is 0 Å². The Bertz CT molecular complexity index is 225. The van der Waals surface area contributed by atoms with Crippen molar-refractivity contribution in [3.63, 3.8) is 0 Å². The van der Waals surface area contributed by atoms with Gasteiger partial charge in [0.1, 0.15) is 5.25 Å². The zero-order chi connectivity index (χ0) is 8.20. The lowest BCUT2D eigenvalue weighted by Gasteiger charge is -2.01. The predicted molar refractivity (Wildman–Crippen MR) is 39.2 cm³/mol. The van der Waals surface area contributed by atoms with Crippen molar-refractivity contribution < 1.29 is 8.42 Å². The van der Waals surface area contributed by atoms with Crippen LogP contribution in [0.3, 0.4) is 0 Å². The van der Waals surface area contributed by atoms with Crippen LogP contribution in [0.4, 0.5) is 0 Å². The van der Waals surface area contributed by atoms with E-state index in [-0.39, 0.29) is 5.75 Å². The van der Waals surface area contributed by atoms with Gasteiger partial charge in [0.25, 0.3) is 0 Å². The minimum Gasteiger partial charge on any atom is -0.227 e. The summed E-state index contributed by atoms with van der Waals surface area (Å²) in [6.45, 7) is 3.19. The first-order chi connectivity index (χ1) is 4.54. The average Bonchev–Trinajstić information content (AvgIpc) is 1.86. The van der Waals surface area contributed by atoms with Crippen LogP contribution in [0.1, 0.15) is 20.3 Å². The van der Waals surface area contributed by atoms with Gasteiger partial charge in [0.05, 0.1) is 11.8 Å². The fraction of sp³-hybridized carbons (Fsp3) is 0.833. The number of sulfone groups is 1. The molecule has 0 N–H and O–H groups in total. The van der Waals surface area contributed by atoms with E-state index in [0.717, 1.165) is 0 Å². The van der Waals surface area contributed by atoms with Crippen molar-refractivity contribution in [3.05, 3.63) is 0 Å². The molecule has 0 radical (unpaired) electrons. The second-order valence-electron chi connectivity index (χ2n) is 2.14. The molecule has 10 heavy (non-hydrogen) atoms. The minimum absolute atomic E-state index is 0.113. The number of hydrogen-bond acceptors (Lipinski definition) is 3. The van der Waals surface area contributed by atoms with E-state index in [0.29, 0.717) is 6.42 Å². The Hall–Kier alpha value is -0.560. The van der Waals surface area contributed by atoms with Crippen molar-refractivity contribution >= 4 is 9.84 Å². The van der Waals surface area contributed by atoms with Gasteiger partial charge in [-0.2, -0.15) is 5.26 Å². The molecule has 0 saturated carbocycles. The Morgan fingerprint density at radius 1 is 1.60 bits per heavy atom. The summed E-state index contributed by atoms with van der Waals surface area (Å²) < 4.78 is 21.9. The van der Waals surface area contributed by atoms with Crippen LogP contribution in [0.25, 0.3) is 0 Å². The van der Waals surface area contributed by atoms with E-state index in [4.69, 9.17) is 5.26 Å². The summed E-state index contributed by atoms with van der Waals surface area (Å²) in [6, 6.07) is 1.70.